The van der Waals surface area contributed by atoms with E-state index < -0.39 is 5.91 Å². The molecule has 6 heteroatoms. The molecule has 0 spiro atoms. The van der Waals surface area contributed by atoms with Gasteiger partial charge in [-0.15, -0.1) is 0 Å². The molecular formula is C17H16N2O4. The van der Waals surface area contributed by atoms with E-state index in [2.05, 4.69) is 5.32 Å². The second-order valence-corrected chi connectivity index (χ2v) is 5.13. The Balaban J connectivity index is 1.92. The number of primary amides is 1. The van der Waals surface area contributed by atoms with Gasteiger partial charge in [0.25, 0.3) is 5.91 Å². The Morgan fingerprint density at radius 3 is 2.52 bits per heavy atom. The van der Waals surface area contributed by atoms with E-state index in [-0.39, 0.29) is 5.91 Å². The Labute approximate surface area is 133 Å². The lowest BCUT2D eigenvalue weighted by Gasteiger charge is -2.20. The first-order chi connectivity index (χ1) is 11.1. The summed E-state index contributed by atoms with van der Waals surface area (Å²) in [7, 11) is 0. The predicted molar refractivity (Wildman–Crippen MR) is 85.1 cm³/mol. The van der Waals surface area contributed by atoms with Crippen molar-refractivity contribution in [3.63, 3.8) is 0 Å². The number of nitrogens with two attached hydrogens (primary N) is 1. The minimum absolute atomic E-state index is 0.336. The fourth-order valence-electron chi connectivity index (χ4n) is 2.48. The van der Waals surface area contributed by atoms with Crippen molar-refractivity contribution in [2.75, 3.05) is 18.5 Å². The average molecular weight is 312 g/mol. The second kappa shape index (κ2) is 6.00. The molecule has 1 aliphatic rings. The predicted octanol–water partition coefficient (Wildman–Crippen LogP) is 2.12. The third-order valence-corrected chi connectivity index (χ3v) is 3.66. The molecule has 2 aromatic rings. The Morgan fingerprint density at radius 2 is 1.74 bits per heavy atom. The molecule has 23 heavy (non-hydrogen) atoms. The molecule has 2 amide bonds. The van der Waals surface area contributed by atoms with Crippen molar-refractivity contribution >= 4 is 17.5 Å². The van der Waals surface area contributed by atoms with E-state index in [0.717, 1.165) is 0 Å². The third-order valence-electron chi connectivity index (χ3n) is 3.66. The molecule has 0 aliphatic carbocycles. The highest BCUT2D eigenvalue weighted by Gasteiger charge is 2.21. The maximum Gasteiger partial charge on any atom is 0.259 e. The van der Waals surface area contributed by atoms with Gasteiger partial charge in [0.1, 0.15) is 13.2 Å². The summed E-state index contributed by atoms with van der Waals surface area (Å²) in [6, 6.07) is 10.2. The molecular weight excluding hydrogens is 296 g/mol. The summed E-state index contributed by atoms with van der Waals surface area (Å²) in [4.78, 5) is 24.0. The highest BCUT2D eigenvalue weighted by Crippen LogP contribution is 2.34. The van der Waals surface area contributed by atoms with Crippen LogP contribution >= 0.6 is 0 Å². The Hall–Kier alpha value is -3.02. The van der Waals surface area contributed by atoms with Crippen LogP contribution in [0.15, 0.2) is 36.4 Å². The smallest absolute Gasteiger partial charge is 0.259 e. The van der Waals surface area contributed by atoms with Crippen LogP contribution in [0.2, 0.25) is 0 Å². The number of nitrogens with one attached hydrogen (secondary N) is 1. The van der Waals surface area contributed by atoms with E-state index in [1.807, 2.05) is 0 Å². The van der Waals surface area contributed by atoms with Crippen molar-refractivity contribution in [2.24, 2.45) is 5.73 Å². The van der Waals surface area contributed by atoms with Crippen molar-refractivity contribution in [3.8, 4) is 11.5 Å². The summed E-state index contributed by atoms with van der Waals surface area (Å²) in [5, 5.41) is 2.79. The minimum Gasteiger partial charge on any atom is -0.486 e. The summed E-state index contributed by atoms with van der Waals surface area (Å²) in [5.74, 6) is 0.107. The number of hydrogen-bond donors (Lipinski definition) is 2. The average Bonchev–Trinajstić information content (AvgIpc) is 2.56. The molecule has 3 rings (SSSR count). The number of anilines is 1. The summed E-state index contributed by atoms with van der Waals surface area (Å²) in [6.07, 6.45) is 0. The maximum atomic E-state index is 12.6. The molecule has 1 heterocycles. The van der Waals surface area contributed by atoms with Gasteiger partial charge in [-0.2, -0.15) is 0 Å². The summed E-state index contributed by atoms with van der Waals surface area (Å²) in [6.45, 7) is 2.58. The van der Waals surface area contributed by atoms with E-state index in [1.165, 1.54) is 0 Å². The van der Waals surface area contributed by atoms with E-state index in [4.69, 9.17) is 15.2 Å². The Morgan fingerprint density at radius 1 is 1.04 bits per heavy atom. The van der Waals surface area contributed by atoms with Gasteiger partial charge in [0.15, 0.2) is 11.5 Å². The number of benzene rings is 2. The van der Waals surface area contributed by atoms with Crippen LogP contribution in [0.5, 0.6) is 11.5 Å². The monoisotopic (exact) mass is 312 g/mol. The molecule has 0 saturated carbocycles. The van der Waals surface area contributed by atoms with Crippen LogP contribution in [-0.2, 0) is 0 Å². The van der Waals surface area contributed by atoms with E-state index >= 15 is 0 Å². The van der Waals surface area contributed by atoms with Gasteiger partial charge in [-0.25, -0.2) is 0 Å². The van der Waals surface area contributed by atoms with Crippen LogP contribution in [0.25, 0.3) is 0 Å². The molecule has 3 N–H and O–H groups in total. The first kappa shape index (κ1) is 14.9. The second-order valence-electron chi connectivity index (χ2n) is 5.13. The third kappa shape index (κ3) is 2.83. The summed E-state index contributed by atoms with van der Waals surface area (Å²) in [5.41, 5.74) is 7.23. The fraction of sp³-hybridized carbons (Fsp3) is 0.176. The fourth-order valence-corrected chi connectivity index (χ4v) is 2.48. The normalized spacial score (nSPS) is 12.6. The molecule has 1 aliphatic heterocycles. The van der Waals surface area contributed by atoms with Crippen LogP contribution in [0.4, 0.5) is 5.69 Å². The summed E-state index contributed by atoms with van der Waals surface area (Å²) < 4.78 is 11.0. The maximum absolute atomic E-state index is 12.6. The largest absolute Gasteiger partial charge is 0.486 e. The lowest BCUT2D eigenvalue weighted by Crippen LogP contribution is -2.21. The van der Waals surface area contributed by atoms with E-state index in [9.17, 15) is 9.59 Å². The highest BCUT2D eigenvalue weighted by atomic mass is 16.6. The number of rotatable bonds is 3. The molecule has 0 bridgehead atoms. The van der Waals surface area contributed by atoms with Crippen LogP contribution in [0, 0.1) is 6.92 Å². The van der Waals surface area contributed by atoms with Crippen molar-refractivity contribution in [1.82, 2.24) is 0 Å². The zero-order valence-electron chi connectivity index (χ0n) is 12.6. The van der Waals surface area contributed by atoms with Crippen molar-refractivity contribution in [2.45, 2.75) is 6.92 Å². The van der Waals surface area contributed by atoms with E-state index in [0.29, 0.717) is 47.1 Å². The molecule has 0 unspecified atom stereocenters. The topological polar surface area (TPSA) is 90.7 Å². The van der Waals surface area contributed by atoms with Crippen LogP contribution in [0.1, 0.15) is 26.3 Å². The van der Waals surface area contributed by atoms with Gasteiger partial charge in [-0.05, 0) is 36.8 Å². The number of ether oxygens (including phenoxy) is 2. The molecule has 0 saturated heterocycles. The number of fused-ring (bicyclic) bond motifs is 1. The quantitative estimate of drug-likeness (QED) is 0.908. The number of carbonyl (C=O) groups excluding carboxylic acids is 2. The molecule has 0 atom stereocenters. The first-order valence-electron chi connectivity index (χ1n) is 7.17. The molecule has 6 nitrogen and oxygen atoms in total. The van der Waals surface area contributed by atoms with Crippen LogP contribution < -0.4 is 20.5 Å². The SMILES string of the molecule is Cc1c(NC(=O)c2cccc3c2OCCO3)cccc1C(N)=O. The number of hydrogen-bond acceptors (Lipinski definition) is 4. The number of amides is 2. The Kier molecular flexibility index (Phi) is 3.89. The standard InChI is InChI=1S/C17H16N2O4/c1-10-11(16(18)20)4-2-6-13(10)19-17(21)12-5-3-7-14-15(12)23-9-8-22-14/h2-7H,8-9H2,1H3,(H2,18,20)(H,19,21). The van der Waals surface area contributed by atoms with Gasteiger partial charge in [0, 0.05) is 11.3 Å². The highest BCUT2D eigenvalue weighted by molar-refractivity contribution is 6.08. The van der Waals surface area contributed by atoms with Gasteiger partial charge in [0.2, 0.25) is 5.91 Å². The lowest BCUT2D eigenvalue weighted by molar-refractivity contribution is 0.0993. The van der Waals surface area contributed by atoms with E-state index in [1.54, 1.807) is 43.3 Å². The zero-order valence-corrected chi connectivity index (χ0v) is 12.6. The van der Waals surface area contributed by atoms with Gasteiger partial charge < -0.3 is 20.5 Å². The van der Waals surface area contributed by atoms with Gasteiger partial charge in [0.05, 0.1) is 5.56 Å². The van der Waals surface area contributed by atoms with Gasteiger partial charge >= 0.3 is 0 Å². The molecule has 118 valence electrons. The lowest BCUT2D eigenvalue weighted by atomic mass is 10.1. The van der Waals surface area contributed by atoms with Gasteiger partial charge in [-0.1, -0.05) is 12.1 Å². The molecule has 0 aromatic heterocycles. The number of carbonyl (C=O) groups is 2. The van der Waals surface area contributed by atoms with Crippen molar-refractivity contribution in [3.05, 3.63) is 53.1 Å². The zero-order chi connectivity index (χ0) is 16.4. The first-order valence-corrected chi connectivity index (χ1v) is 7.17. The molecule has 0 radical (unpaired) electrons. The Bertz CT molecular complexity index is 786. The van der Waals surface area contributed by atoms with Crippen molar-refractivity contribution in [1.29, 1.82) is 0 Å². The number of para-hydroxylation sites is 1. The van der Waals surface area contributed by atoms with Gasteiger partial charge in [-0.3, -0.25) is 9.59 Å². The van der Waals surface area contributed by atoms with Crippen LogP contribution in [-0.4, -0.2) is 25.0 Å². The van der Waals surface area contributed by atoms with Crippen molar-refractivity contribution < 1.29 is 19.1 Å². The minimum atomic E-state index is -0.535. The van der Waals surface area contributed by atoms with Crippen LogP contribution in [0.3, 0.4) is 0 Å². The summed E-state index contributed by atoms with van der Waals surface area (Å²) >= 11 is 0. The molecule has 2 aromatic carbocycles. The molecule has 0 fully saturated rings.